The number of aromatic nitrogens is 1. The van der Waals surface area contributed by atoms with Crippen molar-refractivity contribution in [3.63, 3.8) is 0 Å². The van der Waals surface area contributed by atoms with Crippen molar-refractivity contribution in [1.82, 2.24) is 9.29 Å². The molecule has 126 valence electrons. The van der Waals surface area contributed by atoms with Crippen LogP contribution in [-0.4, -0.2) is 31.3 Å². The van der Waals surface area contributed by atoms with Gasteiger partial charge in [0.25, 0.3) is 15.9 Å². The van der Waals surface area contributed by atoms with Crippen LogP contribution in [0.25, 0.3) is 0 Å². The van der Waals surface area contributed by atoms with Gasteiger partial charge in [-0.15, -0.1) is 0 Å². The quantitative estimate of drug-likeness (QED) is 0.883. The van der Waals surface area contributed by atoms with Crippen molar-refractivity contribution in [2.75, 3.05) is 11.9 Å². The van der Waals surface area contributed by atoms with Crippen LogP contribution in [0.15, 0.2) is 52.5 Å². The number of carbonyl (C=O) groups is 1. The first-order valence-corrected chi connectivity index (χ1v) is 9.03. The van der Waals surface area contributed by atoms with Gasteiger partial charge in [0, 0.05) is 31.9 Å². The summed E-state index contributed by atoms with van der Waals surface area (Å²) >= 11 is 0. The predicted molar refractivity (Wildman–Crippen MR) is 91.7 cm³/mol. The molecule has 0 atom stereocenters. The van der Waals surface area contributed by atoms with Gasteiger partial charge in [-0.25, -0.2) is 8.42 Å². The predicted octanol–water partition coefficient (Wildman–Crippen LogP) is 1.75. The van der Waals surface area contributed by atoms with Crippen molar-refractivity contribution in [2.45, 2.75) is 17.7 Å². The second-order valence-electron chi connectivity index (χ2n) is 5.52. The number of hydrogen-bond acceptors (Lipinski definition) is 4. The molecular formula is C16H18N4O3S. The average Bonchev–Trinajstić information content (AvgIpc) is 3.18. The van der Waals surface area contributed by atoms with Crippen LogP contribution in [-0.2, 0) is 17.1 Å². The van der Waals surface area contributed by atoms with E-state index in [2.05, 4.69) is 15.0 Å². The minimum Gasteiger partial charge on any atom is -0.347 e. The second kappa shape index (κ2) is 6.48. The summed E-state index contributed by atoms with van der Waals surface area (Å²) in [6.45, 7) is 0.643. The van der Waals surface area contributed by atoms with E-state index in [0.29, 0.717) is 30.2 Å². The monoisotopic (exact) mass is 346 g/mol. The zero-order valence-electron chi connectivity index (χ0n) is 13.2. The number of nitrogens with zero attached hydrogens (tertiary/aromatic N) is 2. The van der Waals surface area contributed by atoms with Crippen LogP contribution in [0.3, 0.4) is 0 Å². The lowest BCUT2D eigenvalue weighted by Gasteiger charge is -2.10. The Labute approximate surface area is 140 Å². The molecule has 0 radical (unpaired) electrons. The smallest absolute Gasteiger partial charge is 0.272 e. The summed E-state index contributed by atoms with van der Waals surface area (Å²) < 4.78 is 29.0. The van der Waals surface area contributed by atoms with E-state index < -0.39 is 10.0 Å². The second-order valence-corrected chi connectivity index (χ2v) is 7.21. The lowest BCUT2D eigenvalue weighted by molar-refractivity contribution is 0.101. The Morgan fingerprint density at radius 3 is 2.75 bits per heavy atom. The Bertz CT molecular complexity index is 900. The van der Waals surface area contributed by atoms with Crippen LogP contribution in [0.4, 0.5) is 5.69 Å². The van der Waals surface area contributed by atoms with Crippen LogP contribution in [0.2, 0.25) is 0 Å². The summed E-state index contributed by atoms with van der Waals surface area (Å²) in [5, 5.41) is 2.71. The molecule has 1 aliphatic rings. The Hall–Kier alpha value is -2.61. The molecule has 0 saturated heterocycles. The van der Waals surface area contributed by atoms with E-state index in [1.807, 2.05) is 0 Å². The normalized spacial score (nSPS) is 14.3. The molecule has 24 heavy (non-hydrogen) atoms. The fraction of sp³-hybridized carbons (Fsp3) is 0.250. The molecule has 2 N–H and O–H groups in total. The number of rotatable bonds is 4. The van der Waals surface area contributed by atoms with Gasteiger partial charge in [-0.05, 0) is 36.8 Å². The molecule has 0 bridgehead atoms. The minimum atomic E-state index is -3.70. The number of aliphatic imine (C=N–C) groups is 1. The molecular weight excluding hydrogens is 328 g/mol. The lowest BCUT2D eigenvalue weighted by atomic mass is 10.3. The number of anilines is 1. The first kappa shape index (κ1) is 16.3. The summed E-state index contributed by atoms with van der Waals surface area (Å²) in [4.78, 5) is 16.4. The van der Waals surface area contributed by atoms with Gasteiger partial charge in [-0.3, -0.25) is 14.5 Å². The molecule has 2 aromatic rings. The Kier molecular flexibility index (Phi) is 4.39. The van der Waals surface area contributed by atoms with Crippen LogP contribution in [0.5, 0.6) is 0 Å². The van der Waals surface area contributed by atoms with Crippen LogP contribution < -0.4 is 10.0 Å². The molecule has 0 aliphatic carbocycles. The number of aryl methyl sites for hydroxylation is 1. The fourth-order valence-electron chi connectivity index (χ4n) is 2.47. The molecule has 3 rings (SSSR count). The topological polar surface area (TPSA) is 92.6 Å². The highest BCUT2D eigenvalue weighted by atomic mass is 32.2. The van der Waals surface area contributed by atoms with E-state index in [4.69, 9.17) is 0 Å². The molecule has 1 aromatic heterocycles. The third kappa shape index (κ3) is 3.48. The highest BCUT2D eigenvalue weighted by molar-refractivity contribution is 7.90. The highest BCUT2D eigenvalue weighted by Gasteiger charge is 2.19. The SMILES string of the molecule is Cn1cccc1C(=O)Nc1cccc(S(=O)(=O)NC2=NCCC2)c1. The Balaban J connectivity index is 1.79. The number of hydrogen-bond donors (Lipinski definition) is 2. The maximum Gasteiger partial charge on any atom is 0.272 e. The Morgan fingerprint density at radius 1 is 1.25 bits per heavy atom. The van der Waals surface area contributed by atoms with Crippen molar-refractivity contribution in [3.05, 3.63) is 48.3 Å². The van der Waals surface area contributed by atoms with Crippen molar-refractivity contribution in [3.8, 4) is 0 Å². The van der Waals surface area contributed by atoms with E-state index in [-0.39, 0.29) is 10.8 Å². The lowest BCUT2D eigenvalue weighted by Crippen LogP contribution is -2.29. The Morgan fingerprint density at radius 2 is 2.08 bits per heavy atom. The van der Waals surface area contributed by atoms with E-state index in [1.165, 1.54) is 12.1 Å². The molecule has 0 spiro atoms. The van der Waals surface area contributed by atoms with Crippen molar-refractivity contribution in [2.24, 2.45) is 12.0 Å². The van der Waals surface area contributed by atoms with Gasteiger partial charge in [0.2, 0.25) is 0 Å². The number of amides is 1. The first-order valence-electron chi connectivity index (χ1n) is 7.54. The summed E-state index contributed by atoms with van der Waals surface area (Å²) in [5.41, 5.74) is 0.902. The highest BCUT2D eigenvalue weighted by Crippen LogP contribution is 2.17. The van der Waals surface area contributed by atoms with Gasteiger partial charge in [0.1, 0.15) is 11.5 Å². The molecule has 2 heterocycles. The van der Waals surface area contributed by atoms with Crippen LogP contribution in [0, 0.1) is 0 Å². The minimum absolute atomic E-state index is 0.0850. The summed E-state index contributed by atoms with van der Waals surface area (Å²) in [6.07, 6.45) is 3.25. The largest absolute Gasteiger partial charge is 0.347 e. The van der Waals surface area contributed by atoms with Crippen LogP contribution >= 0.6 is 0 Å². The molecule has 1 amide bonds. The zero-order chi connectivity index (χ0) is 17.2. The molecule has 8 heteroatoms. The number of nitrogens with one attached hydrogen (secondary N) is 2. The first-order chi connectivity index (χ1) is 11.5. The van der Waals surface area contributed by atoms with E-state index in [9.17, 15) is 13.2 Å². The van der Waals surface area contributed by atoms with E-state index in [1.54, 1.807) is 42.1 Å². The number of amidine groups is 1. The molecule has 0 unspecified atom stereocenters. The van der Waals surface area contributed by atoms with Gasteiger partial charge < -0.3 is 9.88 Å². The van der Waals surface area contributed by atoms with Crippen molar-refractivity contribution >= 4 is 27.5 Å². The van der Waals surface area contributed by atoms with Gasteiger partial charge in [0.05, 0.1) is 4.90 Å². The number of benzene rings is 1. The standard InChI is InChI=1S/C16H18N4O3S/c1-20-10-4-7-14(20)16(21)18-12-5-2-6-13(11-12)24(22,23)19-15-8-3-9-17-15/h2,4-7,10-11H,3,8-9H2,1H3,(H,17,19)(H,18,21). The number of sulfonamides is 1. The molecule has 0 saturated carbocycles. The molecule has 0 fully saturated rings. The van der Waals surface area contributed by atoms with E-state index >= 15 is 0 Å². The molecule has 1 aliphatic heterocycles. The molecule has 1 aromatic carbocycles. The maximum atomic E-state index is 12.4. The van der Waals surface area contributed by atoms with Gasteiger partial charge in [-0.2, -0.15) is 0 Å². The van der Waals surface area contributed by atoms with Gasteiger partial charge in [-0.1, -0.05) is 6.07 Å². The fourth-order valence-corrected chi connectivity index (χ4v) is 3.60. The third-order valence-corrected chi connectivity index (χ3v) is 5.08. The van der Waals surface area contributed by atoms with Crippen molar-refractivity contribution < 1.29 is 13.2 Å². The van der Waals surface area contributed by atoms with Gasteiger partial charge >= 0.3 is 0 Å². The number of carbonyl (C=O) groups excluding carboxylic acids is 1. The average molecular weight is 346 g/mol. The van der Waals surface area contributed by atoms with E-state index in [0.717, 1.165) is 6.42 Å². The maximum absolute atomic E-state index is 12.4. The summed E-state index contributed by atoms with van der Waals surface area (Å²) in [6, 6.07) is 9.60. The third-order valence-electron chi connectivity index (χ3n) is 3.71. The summed E-state index contributed by atoms with van der Waals surface area (Å²) in [5.74, 6) is 0.179. The molecule has 7 nitrogen and oxygen atoms in total. The summed E-state index contributed by atoms with van der Waals surface area (Å²) in [7, 11) is -1.94. The van der Waals surface area contributed by atoms with Gasteiger partial charge in [0.15, 0.2) is 0 Å². The zero-order valence-corrected chi connectivity index (χ0v) is 14.0. The van der Waals surface area contributed by atoms with Crippen LogP contribution in [0.1, 0.15) is 23.3 Å². The van der Waals surface area contributed by atoms with Crippen molar-refractivity contribution in [1.29, 1.82) is 0 Å².